The van der Waals surface area contributed by atoms with Crippen LogP contribution in [0.3, 0.4) is 0 Å². The summed E-state index contributed by atoms with van der Waals surface area (Å²) in [4.78, 5) is 0. The lowest BCUT2D eigenvalue weighted by molar-refractivity contribution is -1.03. The number of hydrogen-bond donors (Lipinski definition) is 5. The van der Waals surface area contributed by atoms with Gasteiger partial charge < -0.3 is 15.3 Å². The summed E-state index contributed by atoms with van der Waals surface area (Å²) in [6.45, 7) is 4.62. The van der Waals surface area contributed by atoms with E-state index in [2.05, 4.69) is 0 Å². The van der Waals surface area contributed by atoms with Gasteiger partial charge in [0.05, 0.1) is 7.05 Å². The van der Waals surface area contributed by atoms with Gasteiger partial charge in [0, 0.05) is 20.8 Å². The highest BCUT2D eigenvalue weighted by Gasteiger charge is 2.37. The van der Waals surface area contributed by atoms with Crippen LogP contribution in [0.1, 0.15) is 20.8 Å². The van der Waals surface area contributed by atoms with E-state index in [0.29, 0.717) is 0 Å². The van der Waals surface area contributed by atoms with E-state index in [4.69, 9.17) is 17.5 Å². The average molecular weight is 262 g/mol. The van der Waals surface area contributed by atoms with Crippen LogP contribution in [0.5, 0.6) is 0 Å². The van der Waals surface area contributed by atoms with E-state index in [1.165, 1.54) is 0 Å². The van der Waals surface area contributed by atoms with Crippen molar-refractivity contribution >= 4 is 10.4 Å². The van der Waals surface area contributed by atoms with Crippen molar-refractivity contribution in [1.82, 2.24) is 0 Å². The van der Waals surface area contributed by atoms with Crippen molar-refractivity contribution in [2.75, 3.05) is 7.05 Å². The number of rotatable bonds is 3. The highest BCUT2D eigenvalue weighted by Crippen LogP contribution is 2.16. The Balaban J connectivity index is 0. The van der Waals surface area contributed by atoms with E-state index in [9.17, 15) is 15.3 Å². The molecule has 0 aromatic heterocycles. The summed E-state index contributed by atoms with van der Waals surface area (Å²) in [5.74, 6) is 0. The lowest BCUT2D eigenvalue weighted by Crippen LogP contribution is -2.61. The Bertz CT molecular complexity index is 255. The summed E-state index contributed by atoms with van der Waals surface area (Å²) in [7, 11) is -3.07. The molecule has 0 saturated heterocycles. The Labute approximate surface area is 94.9 Å². The third-order valence-corrected chi connectivity index (χ3v) is 2.42. The minimum absolute atomic E-state index is 0.167. The van der Waals surface area contributed by atoms with Crippen molar-refractivity contribution in [3.63, 3.8) is 0 Å². The van der Waals surface area contributed by atoms with Crippen LogP contribution in [-0.4, -0.2) is 63.1 Å². The molecule has 5 N–H and O–H groups in total. The highest BCUT2D eigenvalue weighted by atomic mass is 32.3. The molecule has 0 bridgehead atoms. The number of aliphatic hydroxyl groups is 3. The first kappa shape index (κ1) is 18.1. The van der Waals surface area contributed by atoms with E-state index in [0.717, 1.165) is 0 Å². The number of aliphatic hydroxyl groups excluding tert-OH is 3. The van der Waals surface area contributed by atoms with Crippen LogP contribution in [0.4, 0.5) is 0 Å². The SMILES string of the molecule is CC(O)[N+](C)(C(C)O)C(C)O.O=S(=O)(O)O. The van der Waals surface area contributed by atoms with Gasteiger partial charge in [-0.2, -0.15) is 8.42 Å². The molecule has 16 heavy (non-hydrogen) atoms. The van der Waals surface area contributed by atoms with Gasteiger partial charge in [-0.1, -0.05) is 0 Å². The second-order valence-corrected chi connectivity index (χ2v) is 4.46. The molecule has 0 aliphatic rings. The molecule has 0 amide bonds. The third-order valence-electron chi connectivity index (χ3n) is 2.42. The standard InChI is InChI=1S/C7H18NO3.H2O4S/c1-5(9)8(4,6(2)10)7(3)11;1-5(2,3)4/h5-7,9-11H,1-4H3;(H2,1,2,3,4)/q+1;. The van der Waals surface area contributed by atoms with Crippen molar-refractivity contribution in [2.45, 2.75) is 39.5 Å². The topological polar surface area (TPSA) is 135 Å². The van der Waals surface area contributed by atoms with E-state index >= 15 is 0 Å². The van der Waals surface area contributed by atoms with E-state index < -0.39 is 29.1 Å². The summed E-state index contributed by atoms with van der Waals surface area (Å²) in [6.07, 6.45) is -2.35. The fraction of sp³-hybridized carbons (Fsp3) is 1.00. The van der Waals surface area contributed by atoms with Crippen LogP contribution in [0, 0.1) is 0 Å². The maximum Gasteiger partial charge on any atom is 0.394 e. The van der Waals surface area contributed by atoms with E-state index in [1.807, 2.05) is 0 Å². The van der Waals surface area contributed by atoms with Crippen molar-refractivity contribution < 1.29 is 37.3 Å². The van der Waals surface area contributed by atoms with Crippen molar-refractivity contribution in [3.8, 4) is 0 Å². The first-order valence-electron chi connectivity index (χ1n) is 4.43. The molecule has 3 atom stereocenters. The third kappa shape index (κ3) is 7.06. The molecule has 0 aliphatic carbocycles. The molecule has 8 nitrogen and oxygen atoms in total. The molecule has 0 aliphatic heterocycles. The van der Waals surface area contributed by atoms with Crippen LogP contribution in [0.2, 0.25) is 0 Å². The average Bonchev–Trinajstić information content (AvgIpc) is 1.98. The molecule has 0 saturated carbocycles. The van der Waals surface area contributed by atoms with Gasteiger partial charge in [-0.3, -0.25) is 13.6 Å². The minimum Gasteiger partial charge on any atom is -0.345 e. The smallest absolute Gasteiger partial charge is 0.345 e. The Morgan fingerprint density at radius 2 is 1.00 bits per heavy atom. The van der Waals surface area contributed by atoms with Gasteiger partial charge in [0.15, 0.2) is 18.7 Å². The molecule has 100 valence electrons. The quantitative estimate of drug-likeness (QED) is 0.245. The van der Waals surface area contributed by atoms with Gasteiger partial charge in [-0.05, 0) is 0 Å². The Morgan fingerprint density at radius 1 is 0.875 bits per heavy atom. The lowest BCUT2D eigenvalue weighted by atomic mass is 10.3. The molecule has 9 heteroatoms. The van der Waals surface area contributed by atoms with E-state index in [1.54, 1.807) is 27.8 Å². The zero-order valence-corrected chi connectivity index (χ0v) is 10.5. The Hall–Kier alpha value is -0.290. The first-order chi connectivity index (χ1) is 6.83. The molecule has 0 fully saturated rings. The molecule has 0 aromatic rings. The summed E-state index contributed by atoms with van der Waals surface area (Å²) in [5.41, 5.74) is 0. The molecule has 3 unspecified atom stereocenters. The largest absolute Gasteiger partial charge is 0.394 e. The monoisotopic (exact) mass is 262 g/mol. The molecular weight excluding hydrogens is 242 g/mol. The second-order valence-electron chi connectivity index (χ2n) is 3.57. The molecule has 0 heterocycles. The maximum absolute atomic E-state index is 9.26. The van der Waals surface area contributed by atoms with Crippen LogP contribution in [-0.2, 0) is 10.4 Å². The number of quaternary nitrogens is 1. The van der Waals surface area contributed by atoms with Gasteiger partial charge in [-0.15, -0.1) is 0 Å². The molecule has 0 rings (SSSR count). The van der Waals surface area contributed by atoms with Gasteiger partial charge in [0.1, 0.15) is 0 Å². The summed E-state index contributed by atoms with van der Waals surface area (Å²) >= 11 is 0. The Kier molecular flexibility index (Phi) is 7.29. The van der Waals surface area contributed by atoms with Gasteiger partial charge in [0.2, 0.25) is 0 Å². The Morgan fingerprint density at radius 3 is 1.00 bits per heavy atom. The number of hydrogen-bond acceptors (Lipinski definition) is 5. The zero-order valence-electron chi connectivity index (χ0n) is 9.64. The molecule has 0 radical (unpaired) electrons. The number of nitrogens with zero attached hydrogens (tertiary/aromatic N) is 1. The fourth-order valence-corrected chi connectivity index (χ4v) is 0.937. The molecule has 0 spiro atoms. The predicted octanol–water partition coefficient (Wildman–Crippen LogP) is -1.20. The van der Waals surface area contributed by atoms with E-state index in [-0.39, 0.29) is 4.48 Å². The lowest BCUT2D eigenvalue weighted by Gasteiger charge is -2.41. The first-order valence-corrected chi connectivity index (χ1v) is 5.82. The van der Waals surface area contributed by atoms with Crippen molar-refractivity contribution in [1.29, 1.82) is 0 Å². The van der Waals surface area contributed by atoms with Crippen LogP contribution in [0.25, 0.3) is 0 Å². The van der Waals surface area contributed by atoms with Crippen molar-refractivity contribution in [2.24, 2.45) is 0 Å². The normalized spacial score (nSPS) is 21.1. The highest BCUT2D eigenvalue weighted by molar-refractivity contribution is 7.79. The van der Waals surface area contributed by atoms with Crippen LogP contribution < -0.4 is 0 Å². The zero-order chi connectivity index (χ0) is 13.7. The second kappa shape index (κ2) is 6.45. The summed E-state index contributed by atoms with van der Waals surface area (Å²) in [6, 6.07) is 0. The summed E-state index contributed by atoms with van der Waals surface area (Å²) in [5, 5.41) is 27.8. The van der Waals surface area contributed by atoms with Gasteiger partial charge in [0.25, 0.3) is 0 Å². The summed E-state index contributed by atoms with van der Waals surface area (Å²) < 4.78 is 31.4. The van der Waals surface area contributed by atoms with Crippen molar-refractivity contribution in [3.05, 3.63) is 0 Å². The van der Waals surface area contributed by atoms with Gasteiger partial charge >= 0.3 is 10.4 Å². The molecular formula is C7H20NO7S+. The minimum atomic E-state index is -4.67. The fourth-order valence-electron chi connectivity index (χ4n) is 0.937. The molecule has 0 aromatic carbocycles. The van der Waals surface area contributed by atoms with Crippen LogP contribution in [0.15, 0.2) is 0 Å². The predicted molar refractivity (Wildman–Crippen MR) is 55.4 cm³/mol. The van der Waals surface area contributed by atoms with Gasteiger partial charge in [-0.25, -0.2) is 0 Å². The maximum atomic E-state index is 9.26. The van der Waals surface area contributed by atoms with Crippen LogP contribution >= 0.6 is 0 Å².